The first-order valence-corrected chi connectivity index (χ1v) is 7.80. The minimum absolute atomic E-state index is 0. The normalized spacial score (nSPS) is 20.0. The van der Waals surface area contributed by atoms with Gasteiger partial charge >= 0.3 is 0 Å². The van der Waals surface area contributed by atoms with E-state index in [1.54, 1.807) is 0 Å². The van der Waals surface area contributed by atoms with Crippen LogP contribution in [0, 0.1) is 0 Å². The Labute approximate surface area is 146 Å². The molecule has 1 aromatic rings. The molecule has 1 aromatic carbocycles. The van der Waals surface area contributed by atoms with E-state index in [-0.39, 0.29) is 29.4 Å². The minimum Gasteiger partial charge on any atom is -0.357 e. The highest BCUT2D eigenvalue weighted by molar-refractivity contribution is 14.0. The van der Waals surface area contributed by atoms with Gasteiger partial charge in [0.05, 0.1) is 6.54 Å². The Morgan fingerprint density at radius 3 is 2.52 bits per heavy atom. The molecule has 0 bridgehead atoms. The number of aryl methyl sites for hydroxylation is 1. The van der Waals surface area contributed by atoms with E-state index in [0.29, 0.717) is 0 Å². The maximum atomic E-state index is 4.79. The van der Waals surface area contributed by atoms with Crippen molar-refractivity contribution in [3.63, 3.8) is 0 Å². The van der Waals surface area contributed by atoms with Crippen LogP contribution < -0.4 is 10.6 Å². The van der Waals surface area contributed by atoms with Crippen molar-refractivity contribution in [1.29, 1.82) is 0 Å². The Balaban J connectivity index is 0.00000220. The molecular formula is C17H28IN3. The molecule has 0 spiro atoms. The number of halogens is 1. The number of hydrogen-bond donors (Lipinski definition) is 2. The zero-order chi connectivity index (χ0) is 14.4. The highest BCUT2D eigenvalue weighted by atomic mass is 127. The standard InChI is InChI=1S/C17H27N3.HI/c1-4-18-16(19-5-2)20-13-17(3)12-8-10-14-9-6-7-11-15(14)17;/h6-7,9,11H,4-5,8,10,12-13H2,1-3H3,(H2,18,19,20);1H. The molecule has 118 valence electrons. The summed E-state index contributed by atoms with van der Waals surface area (Å²) in [5.74, 6) is 0.930. The van der Waals surface area contributed by atoms with E-state index in [4.69, 9.17) is 4.99 Å². The average molecular weight is 401 g/mol. The number of rotatable bonds is 4. The fraction of sp³-hybridized carbons (Fsp3) is 0.588. The van der Waals surface area contributed by atoms with Crippen LogP contribution in [-0.4, -0.2) is 25.6 Å². The molecule has 4 heteroatoms. The number of aliphatic imine (C=N–C) groups is 1. The van der Waals surface area contributed by atoms with Gasteiger partial charge in [-0.3, -0.25) is 4.99 Å². The third kappa shape index (κ3) is 4.59. The third-order valence-electron chi connectivity index (χ3n) is 4.12. The van der Waals surface area contributed by atoms with Gasteiger partial charge in [0.25, 0.3) is 0 Å². The molecule has 0 aliphatic heterocycles. The summed E-state index contributed by atoms with van der Waals surface area (Å²) in [5, 5.41) is 6.61. The predicted molar refractivity (Wildman–Crippen MR) is 102 cm³/mol. The van der Waals surface area contributed by atoms with Crippen LogP contribution in [0.1, 0.15) is 44.7 Å². The monoisotopic (exact) mass is 401 g/mol. The van der Waals surface area contributed by atoms with Crippen molar-refractivity contribution in [1.82, 2.24) is 10.6 Å². The molecule has 0 fully saturated rings. The molecule has 0 amide bonds. The summed E-state index contributed by atoms with van der Waals surface area (Å²) in [5.41, 5.74) is 3.16. The Morgan fingerprint density at radius 2 is 1.86 bits per heavy atom. The highest BCUT2D eigenvalue weighted by Gasteiger charge is 2.31. The van der Waals surface area contributed by atoms with Crippen LogP contribution in [0.25, 0.3) is 0 Å². The van der Waals surface area contributed by atoms with Gasteiger partial charge in [0.2, 0.25) is 0 Å². The van der Waals surface area contributed by atoms with Gasteiger partial charge in [-0.05, 0) is 44.2 Å². The van der Waals surface area contributed by atoms with E-state index >= 15 is 0 Å². The van der Waals surface area contributed by atoms with Crippen LogP contribution in [0.15, 0.2) is 29.3 Å². The number of guanidine groups is 1. The molecule has 1 unspecified atom stereocenters. The van der Waals surface area contributed by atoms with Gasteiger partial charge in [0.1, 0.15) is 0 Å². The van der Waals surface area contributed by atoms with Crippen LogP contribution in [0.5, 0.6) is 0 Å². The molecule has 2 rings (SSSR count). The summed E-state index contributed by atoms with van der Waals surface area (Å²) in [7, 11) is 0. The molecule has 2 N–H and O–H groups in total. The summed E-state index contributed by atoms with van der Waals surface area (Å²) in [6.45, 7) is 9.20. The summed E-state index contributed by atoms with van der Waals surface area (Å²) in [6.07, 6.45) is 3.70. The molecule has 21 heavy (non-hydrogen) atoms. The lowest BCUT2D eigenvalue weighted by molar-refractivity contribution is 0.404. The quantitative estimate of drug-likeness (QED) is 0.461. The molecule has 0 heterocycles. The molecule has 1 aliphatic rings. The predicted octanol–water partition coefficient (Wildman–Crippen LogP) is 3.47. The van der Waals surface area contributed by atoms with E-state index in [9.17, 15) is 0 Å². The average Bonchev–Trinajstić information content (AvgIpc) is 2.46. The van der Waals surface area contributed by atoms with Crippen molar-refractivity contribution in [3.05, 3.63) is 35.4 Å². The topological polar surface area (TPSA) is 36.4 Å². The molecule has 1 atom stereocenters. The van der Waals surface area contributed by atoms with Crippen LogP contribution in [0.3, 0.4) is 0 Å². The van der Waals surface area contributed by atoms with E-state index in [1.807, 2.05) is 0 Å². The van der Waals surface area contributed by atoms with E-state index in [1.165, 1.54) is 30.4 Å². The van der Waals surface area contributed by atoms with E-state index < -0.39 is 0 Å². The molecule has 1 aliphatic carbocycles. The van der Waals surface area contributed by atoms with Crippen molar-refractivity contribution >= 4 is 29.9 Å². The summed E-state index contributed by atoms with van der Waals surface area (Å²) < 4.78 is 0. The van der Waals surface area contributed by atoms with E-state index in [0.717, 1.165) is 25.6 Å². The second-order valence-corrected chi connectivity index (χ2v) is 5.80. The first-order chi connectivity index (χ1) is 9.69. The lowest BCUT2D eigenvalue weighted by Gasteiger charge is -2.35. The van der Waals surface area contributed by atoms with Crippen LogP contribution >= 0.6 is 24.0 Å². The highest BCUT2D eigenvalue weighted by Crippen LogP contribution is 2.37. The zero-order valence-electron chi connectivity index (χ0n) is 13.4. The van der Waals surface area contributed by atoms with Crippen LogP contribution in [0.4, 0.5) is 0 Å². The number of nitrogens with one attached hydrogen (secondary N) is 2. The smallest absolute Gasteiger partial charge is 0.191 e. The van der Waals surface area contributed by atoms with Gasteiger partial charge in [-0.2, -0.15) is 0 Å². The second-order valence-electron chi connectivity index (χ2n) is 5.80. The first-order valence-electron chi connectivity index (χ1n) is 7.80. The number of fused-ring (bicyclic) bond motifs is 1. The first kappa shape index (κ1) is 18.3. The summed E-state index contributed by atoms with van der Waals surface area (Å²) >= 11 is 0. The van der Waals surface area contributed by atoms with E-state index in [2.05, 4.69) is 55.7 Å². The lowest BCUT2D eigenvalue weighted by Crippen LogP contribution is -2.39. The molecule has 0 saturated carbocycles. The van der Waals surface area contributed by atoms with Crippen LogP contribution in [-0.2, 0) is 11.8 Å². The van der Waals surface area contributed by atoms with Crippen molar-refractivity contribution in [2.75, 3.05) is 19.6 Å². The largest absolute Gasteiger partial charge is 0.357 e. The SMILES string of the molecule is CCNC(=NCC1(C)CCCc2ccccc21)NCC.I. The van der Waals surface area contributed by atoms with Crippen molar-refractivity contribution in [2.45, 2.75) is 45.4 Å². The molecule has 0 radical (unpaired) electrons. The fourth-order valence-electron chi connectivity index (χ4n) is 3.06. The lowest BCUT2D eigenvalue weighted by atomic mass is 9.71. The molecule has 0 saturated heterocycles. The maximum absolute atomic E-state index is 4.79. The van der Waals surface area contributed by atoms with Gasteiger partial charge in [-0.1, -0.05) is 31.2 Å². The Hall–Kier alpha value is -0.780. The van der Waals surface area contributed by atoms with Gasteiger partial charge in [-0.15, -0.1) is 24.0 Å². The Bertz CT molecular complexity index is 465. The van der Waals surface area contributed by atoms with Crippen molar-refractivity contribution < 1.29 is 0 Å². The molecule has 3 nitrogen and oxygen atoms in total. The van der Waals surface area contributed by atoms with Crippen LogP contribution in [0.2, 0.25) is 0 Å². The van der Waals surface area contributed by atoms with Gasteiger partial charge in [0, 0.05) is 18.5 Å². The zero-order valence-corrected chi connectivity index (χ0v) is 15.7. The summed E-state index contributed by atoms with van der Waals surface area (Å²) in [6, 6.07) is 8.86. The molecular weight excluding hydrogens is 373 g/mol. The van der Waals surface area contributed by atoms with Gasteiger partial charge < -0.3 is 10.6 Å². The maximum Gasteiger partial charge on any atom is 0.191 e. The van der Waals surface area contributed by atoms with Crippen molar-refractivity contribution in [3.8, 4) is 0 Å². The molecule has 0 aromatic heterocycles. The van der Waals surface area contributed by atoms with Gasteiger partial charge in [0.15, 0.2) is 5.96 Å². The Morgan fingerprint density at radius 1 is 1.19 bits per heavy atom. The van der Waals surface area contributed by atoms with Crippen molar-refractivity contribution in [2.24, 2.45) is 4.99 Å². The second kappa shape index (κ2) is 8.61. The third-order valence-corrected chi connectivity index (χ3v) is 4.12. The minimum atomic E-state index is 0. The van der Waals surface area contributed by atoms with Gasteiger partial charge in [-0.25, -0.2) is 0 Å². The number of nitrogens with zero attached hydrogens (tertiary/aromatic N) is 1. The Kier molecular flexibility index (Phi) is 7.49. The number of benzene rings is 1. The summed E-state index contributed by atoms with van der Waals surface area (Å²) in [4.78, 5) is 4.79. The fourth-order valence-corrected chi connectivity index (χ4v) is 3.06. The number of hydrogen-bond acceptors (Lipinski definition) is 1.